The summed E-state index contributed by atoms with van der Waals surface area (Å²) in [7, 11) is 1.74. The summed E-state index contributed by atoms with van der Waals surface area (Å²) in [6.07, 6.45) is 4.96. The topological polar surface area (TPSA) is 24.5 Å². The maximum Gasteiger partial charge on any atom is 0.123 e. The van der Waals surface area contributed by atoms with Crippen molar-refractivity contribution in [2.45, 2.75) is 38.6 Å². The molecule has 1 aliphatic rings. The molecular formula is C17H29Cl3N2O. The Morgan fingerprint density at radius 1 is 1.22 bits per heavy atom. The van der Waals surface area contributed by atoms with E-state index in [9.17, 15) is 0 Å². The van der Waals surface area contributed by atoms with E-state index in [-0.39, 0.29) is 24.8 Å². The van der Waals surface area contributed by atoms with Crippen LogP contribution in [-0.4, -0.2) is 38.2 Å². The lowest BCUT2D eigenvalue weighted by atomic mass is 9.97. The highest BCUT2D eigenvalue weighted by Gasteiger charge is 2.24. The molecule has 1 aromatic rings. The zero-order chi connectivity index (χ0) is 15.1. The second-order valence-corrected chi connectivity index (χ2v) is 6.12. The van der Waals surface area contributed by atoms with E-state index in [0.717, 1.165) is 37.0 Å². The van der Waals surface area contributed by atoms with Gasteiger partial charge in [-0.1, -0.05) is 37.8 Å². The van der Waals surface area contributed by atoms with Gasteiger partial charge in [0, 0.05) is 42.8 Å². The van der Waals surface area contributed by atoms with Crippen LogP contribution in [0.5, 0.6) is 5.75 Å². The first-order chi connectivity index (χ1) is 10.3. The molecule has 0 spiro atoms. The van der Waals surface area contributed by atoms with Gasteiger partial charge in [0.05, 0.1) is 7.11 Å². The summed E-state index contributed by atoms with van der Waals surface area (Å²) < 4.78 is 5.58. The number of hydrogen-bond donors (Lipinski definition) is 1. The molecule has 0 unspecified atom stereocenters. The van der Waals surface area contributed by atoms with Crippen LogP contribution in [0.3, 0.4) is 0 Å². The van der Waals surface area contributed by atoms with Gasteiger partial charge in [0.2, 0.25) is 0 Å². The molecule has 2 rings (SSSR count). The molecule has 1 aromatic carbocycles. The van der Waals surface area contributed by atoms with E-state index in [1.807, 2.05) is 12.1 Å². The van der Waals surface area contributed by atoms with Crippen molar-refractivity contribution in [3.8, 4) is 5.75 Å². The average Bonchev–Trinajstić information content (AvgIpc) is 2.52. The number of halogens is 3. The maximum atomic E-state index is 6.23. The first-order valence-corrected chi connectivity index (χ1v) is 8.42. The van der Waals surface area contributed by atoms with Crippen molar-refractivity contribution in [3.05, 3.63) is 28.8 Å². The molecule has 0 bridgehead atoms. The summed E-state index contributed by atoms with van der Waals surface area (Å²) in [6.45, 7) is 6.55. The van der Waals surface area contributed by atoms with Crippen LogP contribution in [0.1, 0.15) is 44.2 Å². The lowest BCUT2D eigenvalue weighted by molar-refractivity contribution is 0.160. The first kappa shape index (κ1) is 22.8. The van der Waals surface area contributed by atoms with Crippen molar-refractivity contribution in [1.29, 1.82) is 0 Å². The lowest BCUT2D eigenvalue weighted by Crippen LogP contribution is -2.45. The Morgan fingerprint density at radius 2 is 1.91 bits per heavy atom. The van der Waals surface area contributed by atoms with Gasteiger partial charge in [-0.05, 0) is 24.6 Å². The molecule has 134 valence electrons. The molecule has 1 aliphatic heterocycles. The molecule has 1 saturated heterocycles. The number of nitrogens with zero attached hydrogens (tertiary/aromatic N) is 1. The fourth-order valence-corrected chi connectivity index (χ4v) is 3.26. The Kier molecular flexibility index (Phi) is 12.1. The number of rotatable bonds is 7. The molecule has 0 saturated carbocycles. The Morgan fingerprint density at radius 3 is 2.52 bits per heavy atom. The highest BCUT2D eigenvalue weighted by molar-refractivity contribution is 6.30. The molecule has 1 heterocycles. The predicted molar refractivity (Wildman–Crippen MR) is 104 cm³/mol. The van der Waals surface area contributed by atoms with Crippen LogP contribution in [0.4, 0.5) is 0 Å². The van der Waals surface area contributed by atoms with E-state index < -0.39 is 0 Å². The van der Waals surface area contributed by atoms with Crippen LogP contribution >= 0.6 is 36.4 Å². The molecule has 0 aromatic heterocycles. The van der Waals surface area contributed by atoms with E-state index in [0.29, 0.717) is 6.04 Å². The monoisotopic (exact) mass is 382 g/mol. The summed E-state index contributed by atoms with van der Waals surface area (Å²) in [4.78, 5) is 2.57. The van der Waals surface area contributed by atoms with Crippen molar-refractivity contribution in [1.82, 2.24) is 10.2 Å². The SMILES string of the molecule is CCCCC[C@H](c1cc(Cl)ccc1OC)N1CCNCC1.Cl.Cl. The zero-order valence-electron chi connectivity index (χ0n) is 14.0. The molecule has 1 fully saturated rings. The Labute approximate surface area is 157 Å². The number of nitrogens with one attached hydrogen (secondary N) is 1. The van der Waals surface area contributed by atoms with Gasteiger partial charge in [-0.2, -0.15) is 0 Å². The quantitative estimate of drug-likeness (QED) is 0.689. The normalized spacial score (nSPS) is 16.1. The minimum Gasteiger partial charge on any atom is -0.496 e. The van der Waals surface area contributed by atoms with Crippen LogP contribution in [0.25, 0.3) is 0 Å². The molecule has 1 N–H and O–H groups in total. The highest BCUT2D eigenvalue weighted by Crippen LogP contribution is 2.35. The molecule has 3 nitrogen and oxygen atoms in total. The van der Waals surface area contributed by atoms with Crippen molar-refractivity contribution < 1.29 is 4.74 Å². The largest absolute Gasteiger partial charge is 0.496 e. The van der Waals surface area contributed by atoms with Crippen molar-refractivity contribution in [2.75, 3.05) is 33.3 Å². The minimum absolute atomic E-state index is 0. The number of unbranched alkanes of at least 4 members (excludes halogenated alkanes) is 2. The first-order valence-electron chi connectivity index (χ1n) is 8.04. The number of hydrogen-bond acceptors (Lipinski definition) is 3. The number of piperazine rings is 1. The Balaban J connectivity index is 0.00000242. The van der Waals surface area contributed by atoms with Gasteiger partial charge in [0.1, 0.15) is 5.75 Å². The van der Waals surface area contributed by atoms with Crippen molar-refractivity contribution >= 4 is 36.4 Å². The number of methoxy groups -OCH3 is 1. The standard InChI is InChI=1S/C17H27ClN2O.2ClH/c1-3-4-5-6-16(20-11-9-19-10-12-20)15-13-14(18)7-8-17(15)21-2;;/h7-8,13,16,19H,3-6,9-12H2,1-2H3;2*1H/t16-;;/m1../s1. The molecule has 0 aliphatic carbocycles. The smallest absolute Gasteiger partial charge is 0.123 e. The van der Waals surface area contributed by atoms with Crippen molar-refractivity contribution in [3.63, 3.8) is 0 Å². The fraction of sp³-hybridized carbons (Fsp3) is 0.647. The van der Waals surface area contributed by atoms with Crippen molar-refractivity contribution in [2.24, 2.45) is 0 Å². The molecule has 0 amide bonds. The van der Waals surface area contributed by atoms with Crippen LogP contribution in [-0.2, 0) is 0 Å². The molecule has 6 heteroatoms. The van der Waals surface area contributed by atoms with Gasteiger partial charge in [-0.3, -0.25) is 4.90 Å². The van der Waals surface area contributed by atoms with Crippen LogP contribution in [0.2, 0.25) is 5.02 Å². The Bertz CT molecular complexity index is 440. The Hall–Kier alpha value is -0.190. The molecule has 23 heavy (non-hydrogen) atoms. The zero-order valence-corrected chi connectivity index (χ0v) is 16.4. The van der Waals surface area contributed by atoms with E-state index in [2.05, 4.69) is 23.2 Å². The van der Waals surface area contributed by atoms with E-state index in [4.69, 9.17) is 16.3 Å². The van der Waals surface area contributed by atoms with E-state index in [1.165, 1.54) is 31.2 Å². The number of benzene rings is 1. The average molecular weight is 384 g/mol. The number of ether oxygens (including phenoxy) is 1. The second-order valence-electron chi connectivity index (χ2n) is 5.68. The molecule has 1 atom stereocenters. The van der Waals surface area contributed by atoms with Crippen LogP contribution < -0.4 is 10.1 Å². The van der Waals surface area contributed by atoms with Gasteiger partial charge < -0.3 is 10.1 Å². The minimum atomic E-state index is 0. The summed E-state index contributed by atoms with van der Waals surface area (Å²) >= 11 is 6.23. The van der Waals surface area contributed by atoms with Gasteiger partial charge in [0.25, 0.3) is 0 Å². The maximum absolute atomic E-state index is 6.23. The highest BCUT2D eigenvalue weighted by atomic mass is 35.5. The predicted octanol–water partition coefficient (Wildman–Crippen LogP) is 4.72. The lowest BCUT2D eigenvalue weighted by Gasteiger charge is -2.36. The van der Waals surface area contributed by atoms with Gasteiger partial charge in [-0.25, -0.2) is 0 Å². The summed E-state index contributed by atoms with van der Waals surface area (Å²) in [5.74, 6) is 0.958. The summed E-state index contributed by atoms with van der Waals surface area (Å²) in [5, 5.41) is 4.22. The molecule has 0 radical (unpaired) electrons. The van der Waals surface area contributed by atoms with Gasteiger partial charge in [-0.15, -0.1) is 24.8 Å². The third kappa shape index (κ3) is 6.67. The summed E-state index contributed by atoms with van der Waals surface area (Å²) in [5.41, 5.74) is 1.24. The third-order valence-corrected chi connectivity index (χ3v) is 4.46. The molecular weight excluding hydrogens is 355 g/mol. The summed E-state index contributed by atoms with van der Waals surface area (Å²) in [6, 6.07) is 6.39. The van der Waals surface area contributed by atoms with Crippen LogP contribution in [0.15, 0.2) is 18.2 Å². The van der Waals surface area contributed by atoms with E-state index in [1.54, 1.807) is 7.11 Å². The van der Waals surface area contributed by atoms with Gasteiger partial charge in [0.15, 0.2) is 0 Å². The van der Waals surface area contributed by atoms with Gasteiger partial charge >= 0.3 is 0 Å². The van der Waals surface area contributed by atoms with Crippen LogP contribution in [0, 0.1) is 0 Å². The van der Waals surface area contributed by atoms with E-state index >= 15 is 0 Å². The second kappa shape index (κ2) is 12.2. The fourth-order valence-electron chi connectivity index (χ4n) is 3.08. The third-order valence-electron chi connectivity index (χ3n) is 4.22.